The Morgan fingerprint density at radius 1 is 1.43 bits per heavy atom. The number of nitrogen functional groups attached to an aromatic ring is 1. The molecule has 1 heterocycles. The molecule has 2 rings (SSSR count). The number of anilines is 1. The van der Waals surface area contributed by atoms with Gasteiger partial charge in [0.05, 0.1) is 6.04 Å². The van der Waals surface area contributed by atoms with Crippen LogP contribution in [0.5, 0.6) is 0 Å². The predicted octanol–water partition coefficient (Wildman–Crippen LogP) is 1.61. The zero-order chi connectivity index (χ0) is 15.4. The highest BCUT2D eigenvalue weighted by molar-refractivity contribution is 5.76. The average Bonchev–Trinajstić information content (AvgIpc) is 2.85. The maximum Gasteiger partial charge on any atom is 0.244 e. The van der Waals surface area contributed by atoms with Gasteiger partial charge in [-0.3, -0.25) is 4.79 Å². The number of hydrogen-bond acceptors (Lipinski definition) is 4. The van der Waals surface area contributed by atoms with E-state index < -0.39 is 0 Å². The Morgan fingerprint density at radius 2 is 2.10 bits per heavy atom. The van der Waals surface area contributed by atoms with Gasteiger partial charge in [-0.2, -0.15) is 0 Å². The molecule has 0 bridgehead atoms. The molecular weight excluding hydrogens is 273 g/mol. The Morgan fingerprint density at radius 3 is 2.62 bits per heavy atom. The normalized spacial score (nSPS) is 12.1. The first kappa shape index (κ1) is 15.0. The third-order valence-electron chi connectivity index (χ3n) is 3.33. The quantitative estimate of drug-likeness (QED) is 0.908. The van der Waals surface area contributed by atoms with Crippen LogP contribution in [0, 0.1) is 5.82 Å². The summed E-state index contributed by atoms with van der Waals surface area (Å²) in [6, 6.07) is 6.00. The second-order valence-electron chi connectivity index (χ2n) is 4.71. The fourth-order valence-corrected chi connectivity index (χ4v) is 2.20. The molecule has 1 amide bonds. The van der Waals surface area contributed by atoms with Crippen LogP contribution in [-0.4, -0.2) is 32.1 Å². The van der Waals surface area contributed by atoms with Crippen molar-refractivity contribution in [3.05, 3.63) is 42.0 Å². The molecule has 0 aliphatic carbocycles. The van der Waals surface area contributed by atoms with Crippen molar-refractivity contribution in [3.8, 4) is 0 Å². The Balaban J connectivity index is 2.10. The van der Waals surface area contributed by atoms with E-state index in [2.05, 4.69) is 10.1 Å². The lowest BCUT2D eigenvalue weighted by Crippen LogP contribution is -2.36. The van der Waals surface area contributed by atoms with Crippen LogP contribution in [0.25, 0.3) is 0 Å². The van der Waals surface area contributed by atoms with E-state index in [1.807, 2.05) is 13.8 Å². The van der Waals surface area contributed by atoms with Gasteiger partial charge in [0, 0.05) is 6.54 Å². The lowest BCUT2D eigenvalue weighted by molar-refractivity contribution is -0.134. The monoisotopic (exact) mass is 291 g/mol. The van der Waals surface area contributed by atoms with Gasteiger partial charge in [0.2, 0.25) is 11.9 Å². The topological polar surface area (TPSA) is 77.0 Å². The lowest BCUT2D eigenvalue weighted by Gasteiger charge is -2.28. The molecule has 0 aliphatic rings. The number of carbonyl (C=O) groups is 1. The van der Waals surface area contributed by atoms with Crippen LogP contribution in [0.3, 0.4) is 0 Å². The van der Waals surface area contributed by atoms with Crippen LogP contribution in [0.15, 0.2) is 30.6 Å². The van der Waals surface area contributed by atoms with Crippen molar-refractivity contribution in [2.45, 2.75) is 26.4 Å². The van der Waals surface area contributed by atoms with Crippen LogP contribution in [0.1, 0.15) is 25.5 Å². The van der Waals surface area contributed by atoms with Crippen LogP contribution < -0.4 is 5.73 Å². The van der Waals surface area contributed by atoms with Gasteiger partial charge < -0.3 is 10.6 Å². The second-order valence-corrected chi connectivity index (χ2v) is 4.71. The smallest absolute Gasteiger partial charge is 0.244 e. The molecule has 1 aromatic heterocycles. The number of rotatable bonds is 5. The summed E-state index contributed by atoms with van der Waals surface area (Å²) in [6.45, 7) is 4.42. The minimum atomic E-state index is -0.293. The fourth-order valence-electron chi connectivity index (χ4n) is 2.20. The van der Waals surface area contributed by atoms with E-state index >= 15 is 0 Å². The SMILES string of the molecule is CCN(C(=O)Cn1cnc(N)n1)C(C)c1ccc(F)cc1. The summed E-state index contributed by atoms with van der Waals surface area (Å²) < 4.78 is 14.4. The molecule has 1 atom stereocenters. The summed E-state index contributed by atoms with van der Waals surface area (Å²) in [5.41, 5.74) is 6.30. The molecule has 0 aliphatic heterocycles. The third kappa shape index (κ3) is 3.56. The standard InChI is InChI=1S/C14H18FN5O/c1-3-20(10(2)11-4-6-12(15)7-5-11)13(21)8-19-9-17-14(16)18-19/h4-7,9-10H,3,8H2,1-2H3,(H2,16,18). The number of nitrogens with two attached hydrogens (primary N) is 1. The summed E-state index contributed by atoms with van der Waals surface area (Å²) in [5.74, 6) is -0.255. The van der Waals surface area contributed by atoms with Crippen molar-refractivity contribution in [2.75, 3.05) is 12.3 Å². The van der Waals surface area contributed by atoms with Gasteiger partial charge >= 0.3 is 0 Å². The van der Waals surface area contributed by atoms with Crippen molar-refractivity contribution in [3.63, 3.8) is 0 Å². The third-order valence-corrected chi connectivity index (χ3v) is 3.33. The molecule has 21 heavy (non-hydrogen) atoms. The largest absolute Gasteiger partial charge is 0.367 e. The summed E-state index contributed by atoms with van der Waals surface area (Å²) >= 11 is 0. The number of likely N-dealkylation sites (N-methyl/N-ethyl adjacent to an activating group) is 1. The molecular formula is C14H18FN5O. The van der Waals surface area contributed by atoms with Crippen molar-refractivity contribution >= 4 is 11.9 Å². The Labute approximate surface area is 122 Å². The molecule has 1 unspecified atom stereocenters. The van der Waals surface area contributed by atoms with E-state index in [4.69, 9.17) is 5.73 Å². The number of nitrogens with zero attached hydrogens (tertiary/aromatic N) is 4. The number of aromatic nitrogens is 3. The van der Waals surface area contributed by atoms with Crippen LogP contribution >= 0.6 is 0 Å². The minimum Gasteiger partial charge on any atom is -0.367 e. The van der Waals surface area contributed by atoms with E-state index in [0.717, 1.165) is 5.56 Å². The van der Waals surface area contributed by atoms with E-state index in [1.165, 1.54) is 23.1 Å². The maximum absolute atomic E-state index is 13.0. The molecule has 2 N–H and O–H groups in total. The predicted molar refractivity (Wildman–Crippen MR) is 76.6 cm³/mol. The zero-order valence-corrected chi connectivity index (χ0v) is 12.0. The Bertz CT molecular complexity index is 610. The number of halogens is 1. The van der Waals surface area contributed by atoms with Gasteiger partial charge in [-0.15, -0.1) is 5.10 Å². The van der Waals surface area contributed by atoms with Crippen LogP contribution in [0.4, 0.5) is 10.3 Å². The summed E-state index contributed by atoms with van der Waals surface area (Å²) in [6.07, 6.45) is 1.42. The summed E-state index contributed by atoms with van der Waals surface area (Å²) in [4.78, 5) is 17.8. The van der Waals surface area contributed by atoms with Gasteiger partial charge in [0.15, 0.2) is 0 Å². The molecule has 0 saturated carbocycles. The minimum absolute atomic E-state index is 0.0730. The molecule has 112 valence electrons. The zero-order valence-electron chi connectivity index (χ0n) is 12.0. The lowest BCUT2D eigenvalue weighted by atomic mass is 10.1. The van der Waals surface area contributed by atoms with Gasteiger partial charge in [-0.1, -0.05) is 12.1 Å². The molecule has 0 fully saturated rings. The van der Waals surface area contributed by atoms with Crippen molar-refractivity contribution in [1.29, 1.82) is 0 Å². The molecule has 7 heteroatoms. The first-order chi connectivity index (χ1) is 10.0. The highest BCUT2D eigenvalue weighted by atomic mass is 19.1. The van der Waals surface area contributed by atoms with Gasteiger partial charge in [0.1, 0.15) is 18.7 Å². The fraction of sp³-hybridized carbons (Fsp3) is 0.357. The number of hydrogen-bond donors (Lipinski definition) is 1. The highest BCUT2D eigenvalue weighted by Gasteiger charge is 2.20. The molecule has 0 radical (unpaired) electrons. The summed E-state index contributed by atoms with van der Waals surface area (Å²) in [7, 11) is 0. The first-order valence-electron chi connectivity index (χ1n) is 6.71. The first-order valence-corrected chi connectivity index (χ1v) is 6.71. The molecule has 2 aromatic rings. The maximum atomic E-state index is 13.0. The highest BCUT2D eigenvalue weighted by Crippen LogP contribution is 2.20. The van der Waals surface area contributed by atoms with Crippen molar-refractivity contribution in [1.82, 2.24) is 19.7 Å². The molecule has 1 aromatic carbocycles. The van der Waals surface area contributed by atoms with Crippen LogP contribution in [-0.2, 0) is 11.3 Å². The number of carbonyl (C=O) groups excluding carboxylic acids is 1. The molecule has 6 nitrogen and oxygen atoms in total. The summed E-state index contributed by atoms with van der Waals surface area (Å²) in [5, 5.41) is 3.90. The van der Waals surface area contributed by atoms with Crippen molar-refractivity contribution in [2.24, 2.45) is 0 Å². The Kier molecular flexibility index (Phi) is 4.52. The number of amides is 1. The van der Waals surface area contributed by atoms with E-state index in [-0.39, 0.29) is 30.3 Å². The number of benzene rings is 1. The van der Waals surface area contributed by atoms with Gasteiger partial charge in [-0.05, 0) is 31.5 Å². The van der Waals surface area contributed by atoms with Crippen molar-refractivity contribution < 1.29 is 9.18 Å². The van der Waals surface area contributed by atoms with Gasteiger partial charge in [-0.25, -0.2) is 14.1 Å². The van der Waals surface area contributed by atoms with Gasteiger partial charge in [0.25, 0.3) is 0 Å². The molecule has 0 saturated heterocycles. The molecule has 0 spiro atoms. The van der Waals surface area contributed by atoms with E-state index in [1.54, 1.807) is 17.0 Å². The van der Waals surface area contributed by atoms with Crippen LogP contribution in [0.2, 0.25) is 0 Å². The average molecular weight is 291 g/mol. The Hall–Kier alpha value is -2.44. The second kappa shape index (κ2) is 6.34. The van der Waals surface area contributed by atoms with E-state index in [0.29, 0.717) is 6.54 Å². The van der Waals surface area contributed by atoms with E-state index in [9.17, 15) is 9.18 Å².